The first-order valence-electron chi connectivity index (χ1n) is 20.3. The number of ketones is 1. The van der Waals surface area contributed by atoms with Crippen molar-refractivity contribution in [2.24, 2.45) is 23.7 Å². The summed E-state index contributed by atoms with van der Waals surface area (Å²) in [7, 11) is -5.88. The van der Waals surface area contributed by atoms with Gasteiger partial charge in [0, 0.05) is 38.7 Å². The van der Waals surface area contributed by atoms with E-state index in [2.05, 4.69) is 18.0 Å². The molecule has 0 radical (unpaired) electrons. The van der Waals surface area contributed by atoms with E-state index in [4.69, 9.17) is 29.4 Å². The van der Waals surface area contributed by atoms with Crippen LogP contribution in [-0.2, 0) is 53.2 Å². The number of rotatable bonds is 18. The summed E-state index contributed by atoms with van der Waals surface area (Å²) in [6.07, 6.45) is 3.44. The van der Waals surface area contributed by atoms with E-state index in [1.54, 1.807) is 72.8 Å². The summed E-state index contributed by atoms with van der Waals surface area (Å²) in [6, 6.07) is 16.9. The average Bonchev–Trinajstić information content (AvgIpc) is 3.86. The SMILES string of the molecule is C=CC[C@@H]1O[C@H](C[C@H](O)CCC(C)=O)[C@H](C)[C@H]1CS(=O)(=O)c1ccccc1.C=CC[C@@H]1O[C@H](C[C@H]2CN(C(C)=O)C(=O)O2)[C@H](C)[C@H]1CS(=O)(=O)c1ccccc1.CO.O=CO[O-].[Cs+].[Cs+].[H-]. The molecule has 0 aliphatic carbocycles. The predicted molar refractivity (Wildman–Crippen MR) is 228 cm³/mol. The zero-order valence-corrected chi connectivity index (χ0v) is 52.2. The van der Waals surface area contributed by atoms with Gasteiger partial charge in [0.25, 0.3) is 6.47 Å². The Hall–Kier alpha value is -0.196. The van der Waals surface area contributed by atoms with Crippen LogP contribution in [0.4, 0.5) is 4.79 Å². The summed E-state index contributed by atoms with van der Waals surface area (Å²) in [5, 5.41) is 25.6. The Morgan fingerprint density at radius 1 is 0.844 bits per heavy atom. The zero-order valence-electron chi connectivity index (χ0n) is 39.0. The van der Waals surface area contributed by atoms with Crippen LogP contribution in [0.5, 0.6) is 0 Å². The third-order valence-electron chi connectivity index (χ3n) is 11.1. The smallest absolute Gasteiger partial charge is 1.00 e. The molecule has 0 saturated carbocycles. The van der Waals surface area contributed by atoms with Crippen molar-refractivity contribution in [3.05, 3.63) is 86.0 Å². The van der Waals surface area contributed by atoms with Crippen LogP contribution in [0, 0.1) is 23.7 Å². The molecule has 64 heavy (non-hydrogen) atoms. The number of cyclic esters (lactones) is 1. The van der Waals surface area contributed by atoms with Crippen LogP contribution in [0.2, 0.25) is 0 Å². The minimum atomic E-state index is -3.46. The summed E-state index contributed by atoms with van der Waals surface area (Å²) < 4.78 is 69.0. The van der Waals surface area contributed by atoms with Crippen molar-refractivity contribution in [3.8, 4) is 0 Å². The molecule has 5 rings (SSSR count). The minimum absolute atomic E-state index is 0. The van der Waals surface area contributed by atoms with Gasteiger partial charge < -0.3 is 40.8 Å². The third kappa shape index (κ3) is 20.4. The third-order valence-corrected chi connectivity index (χ3v) is 14.8. The van der Waals surface area contributed by atoms with E-state index in [0.29, 0.717) is 48.3 Å². The number of ether oxygens (including phenoxy) is 3. The molecule has 3 heterocycles. The van der Waals surface area contributed by atoms with Crippen LogP contribution >= 0.6 is 0 Å². The topological polar surface area (TPSA) is 240 Å². The largest absolute Gasteiger partial charge is 1.00 e. The fourth-order valence-corrected chi connectivity index (χ4v) is 11.4. The van der Waals surface area contributed by atoms with Crippen LogP contribution < -0.4 is 143 Å². The number of benzene rings is 2. The molecule has 3 aliphatic heterocycles. The number of sulfone groups is 2. The van der Waals surface area contributed by atoms with E-state index in [1.807, 2.05) is 13.8 Å². The number of imide groups is 1. The Kier molecular flexibility index (Phi) is 32.5. The van der Waals surface area contributed by atoms with Crippen molar-refractivity contribution in [2.75, 3.05) is 25.2 Å². The molecule has 2 amide bonds. The molecule has 10 atom stereocenters. The van der Waals surface area contributed by atoms with Crippen molar-refractivity contribution in [1.29, 1.82) is 0 Å². The predicted octanol–water partition coefficient (Wildman–Crippen LogP) is -1.85. The summed E-state index contributed by atoms with van der Waals surface area (Å²) in [6.45, 7) is 14.3. The second-order valence-electron chi connectivity index (χ2n) is 15.4. The van der Waals surface area contributed by atoms with Crippen molar-refractivity contribution in [1.82, 2.24) is 4.90 Å². The second kappa shape index (κ2) is 32.6. The van der Waals surface area contributed by atoms with E-state index in [1.165, 1.54) is 13.8 Å². The number of Topliss-reactive ketones (excluding diaryl/α,β-unsaturated/α-hetero) is 1. The first kappa shape index (κ1) is 63.8. The summed E-state index contributed by atoms with van der Waals surface area (Å²) >= 11 is 0. The molecular formula is C44H63Cs2NO15S2. The van der Waals surface area contributed by atoms with E-state index in [9.17, 15) is 36.3 Å². The van der Waals surface area contributed by atoms with Gasteiger partial charge in [-0.1, -0.05) is 62.4 Å². The first-order chi connectivity index (χ1) is 29.4. The van der Waals surface area contributed by atoms with Crippen LogP contribution in [0.15, 0.2) is 95.8 Å². The van der Waals surface area contributed by atoms with Gasteiger partial charge in [-0.2, -0.15) is 0 Å². The Bertz CT molecular complexity index is 1970. The van der Waals surface area contributed by atoms with Gasteiger partial charge in [0.1, 0.15) is 11.9 Å². The van der Waals surface area contributed by atoms with Gasteiger partial charge in [0.2, 0.25) is 5.91 Å². The fourth-order valence-electron chi connectivity index (χ4n) is 7.85. The Morgan fingerprint density at radius 3 is 1.64 bits per heavy atom. The molecular weight excluding hydrogens is 1110 g/mol. The summed E-state index contributed by atoms with van der Waals surface area (Å²) in [4.78, 5) is 47.4. The molecule has 2 aromatic rings. The van der Waals surface area contributed by atoms with E-state index in [0.717, 1.165) is 12.0 Å². The maximum atomic E-state index is 12.9. The van der Waals surface area contributed by atoms with Gasteiger partial charge in [-0.15, -0.1) is 13.2 Å². The summed E-state index contributed by atoms with van der Waals surface area (Å²) in [5.41, 5.74) is 0. The molecule has 0 spiro atoms. The monoisotopic (exact) mass is 1180 g/mol. The van der Waals surface area contributed by atoms with Gasteiger partial charge in [0.05, 0.1) is 58.4 Å². The standard InChI is InChI=1S/C21H27NO6S.C21H30O5S.CH2O3.CH4O.2Cs.H/c1-4-8-19-18(13-29(25,26)17-9-6-5-7-10-17)14(2)20(28-19)11-16-12-22(15(3)23)21(24)27-16;1-4-8-20-19(14-27(24,25)18-9-6-5-7-10-18)16(3)21(26-20)13-17(23)12-11-15(2)22;2-1-4-3;1-2;;;/h4-7,9-10,14,16,18-20H,1,8,11-13H2,2-3H3;4-7,9-10,16-17,19-21,23H,1,8,11-14H2,2-3H3;1,3H;2H,1H3;;;/q;;;;2*+1;-1/p-1/t14-,16+,18-,19+,20-;16-,17-,19-,20+,21-;;;;;/m11...../s1. The van der Waals surface area contributed by atoms with E-state index < -0.39 is 38.0 Å². The molecule has 2 aromatic carbocycles. The number of aliphatic hydroxyl groups excluding tert-OH is 2. The molecule has 3 saturated heterocycles. The average molecular weight is 1180 g/mol. The number of nitrogens with zero attached hydrogens (tertiary/aromatic N) is 1. The van der Waals surface area contributed by atoms with Gasteiger partial charge in [-0.25, -0.2) is 26.5 Å². The van der Waals surface area contributed by atoms with Crippen LogP contribution in [0.25, 0.3) is 0 Å². The molecule has 16 nitrogen and oxygen atoms in total. The van der Waals surface area contributed by atoms with Crippen LogP contribution in [0.1, 0.15) is 67.6 Å². The molecule has 0 bridgehead atoms. The number of aliphatic hydroxyl groups is 2. The van der Waals surface area contributed by atoms with Gasteiger partial charge in [-0.3, -0.25) is 9.59 Å². The molecule has 0 aromatic heterocycles. The van der Waals surface area contributed by atoms with Crippen LogP contribution in [0.3, 0.4) is 0 Å². The first-order valence-corrected chi connectivity index (χ1v) is 23.6. The Morgan fingerprint density at radius 2 is 1.27 bits per heavy atom. The number of amides is 2. The van der Waals surface area contributed by atoms with Crippen molar-refractivity contribution in [2.45, 2.75) is 113 Å². The van der Waals surface area contributed by atoms with Crippen LogP contribution in [-0.4, -0.2) is 118 Å². The van der Waals surface area contributed by atoms with Gasteiger partial charge >= 0.3 is 144 Å². The molecule has 2 N–H and O–H groups in total. The molecule has 20 heteroatoms. The number of hydrogen-bond donors (Lipinski definition) is 2. The summed E-state index contributed by atoms with van der Waals surface area (Å²) in [5.74, 6) is -0.750. The maximum Gasteiger partial charge on any atom is 1.00 e. The fraction of sp³-hybridized carbons (Fsp3) is 0.545. The molecule has 3 aliphatic rings. The molecule has 0 unspecified atom stereocenters. The molecule has 3 fully saturated rings. The minimum Gasteiger partial charge on any atom is -1.00 e. The second-order valence-corrected chi connectivity index (χ2v) is 19.5. The van der Waals surface area contributed by atoms with Crippen molar-refractivity contribution in [3.63, 3.8) is 0 Å². The normalized spacial score (nSPS) is 25.1. The van der Waals surface area contributed by atoms with E-state index >= 15 is 0 Å². The Labute approximate surface area is 497 Å². The number of hydrogen-bond acceptors (Lipinski definition) is 15. The quantitative estimate of drug-likeness (QED) is 0.0722. The van der Waals surface area contributed by atoms with Crippen molar-refractivity contribution < 1.29 is 210 Å². The maximum absolute atomic E-state index is 12.9. The number of carbonyl (C=O) groups is 4. The number of carbonyl (C=O) groups excluding carboxylic acids is 4. The molecule has 348 valence electrons. The zero-order chi connectivity index (χ0) is 46.6. The van der Waals surface area contributed by atoms with Gasteiger partial charge in [0.15, 0.2) is 19.7 Å². The van der Waals surface area contributed by atoms with Crippen molar-refractivity contribution >= 4 is 43.9 Å². The van der Waals surface area contributed by atoms with E-state index in [-0.39, 0.29) is 224 Å². The Balaban J connectivity index is 0. The van der Waals surface area contributed by atoms with Gasteiger partial charge in [-0.05, 0) is 68.7 Å².